The number of rotatable bonds is 3. The van der Waals surface area contributed by atoms with E-state index in [-0.39, 0.29) is 12.0 Å². The van der Waals surface area contributed by atoms with Crippen LogP contribution in [0.25, 0.3) is 0 Å². The molecule has 0 radical (unpaired) electrons. The van der Waals surface area contributed by atoms with Crippen LogP contribution in [0.5, 0.6) is 0 Å². The van der Waals surface area contributed by atoms with E-state index >= 15 is 0 Å². The van der Waals surface area contributed by atoms with Gasteiger partial charge in [0, 0.05) is 5.41 Å². The van der Waals surface area contributed by atoms with Crippen LogP contribution < -0.4 is 11.5 Å². The molecule has 0 spiro atoms. The lowest BCUT2D eigenvalue weighted by atomic mass is 9.95. The molecule has 0 bridgehead atoms. The number of nitrogens with zero attached hydrogens (tertiary/aromatic N) is 1. The van der Waals surface area contributed by atoms with Gasteiger partial charge < -0.3 is 16.2 Å². The zero-order valence-corrected chi connectivity index (χ0v) is 8.33. The van der Waals surface area contributed by atoms with Crippen molar-refractivity contribution in [3.05, 3.63) is 0 Å². The van der Waals surface area contributed by atoms with E-state index in [4.69, 9.17) is 11.5 Å². The van der Waals surface area contributed by atoms with Gasteiger partial charge in [0.15, 0.2) is 0 Å². The summed E-state index contributed by atoms with van der Waals surface area (Å²) in [5.41, 5.74) is 10.3. The summed E-state index contributed by atoms with van der Waals surface area (Å²) in [6.45, 7) is 6.40. The molecule has 0 rings (SSSR count). The second kappa shape index (κ2) is 4.69. The van der Waals surface area contributed by atoms with Crippen LogP contribution in [0.4, 0.5) is 4.79 Å². The Hall–Kier alpha value is -1.26. The van der Waals surface area contributed by atoms with E-state index in [2.05, 4.69) is 9.73 Å². The largest absolute Gasteiger partial charge is 0.448 e. The maximum atomic E-state index is 10.2. The molecule has 13 heavy (non-hydrogen) atoms. The molecular formula is C8H17N3O2. The Balaban J connectivity index is 3.79. The highest BCUT2D eigenvalue weighted by Gasteiger charge is 2.14. The minimum atomic E-state index is -0.787. The molecule has 0 saturated carbocycles. The number of carbonyl (C=O) groups excluding carboxylic acids is 1. The van der Waals surface area contributed by atoms with Crippen molar-refractivity contribution in [2.75, 3.05) is 13.2 Å². The molecule has 0 fully saturated rings. The Bertz CT molecular complexity index is 206. The number of carbonyl (C=O) groups is 1. The van der Waals surface area contributed by atoms with Gasteiger partial charge in [-0.2, -0.15) is 0 Å². The van der Waals surface area contributed by atoms with Crippen molar-refractivity contribution in [3.8, 4) is 0 Å². The Morgan fingerprint density at radius 2 is 1.92 bits per heavy atom. The lowest BCUT2D eigenvalue weighted by molar-refractivity contribution is 0.160. The highest BCUT2D eigenvalue weighted by molar-refractivity contribution is 5.85. The molecule has 0 aliphatic rings. The van der Waals surface area contributed by atoms with Crippen molar-refractivity contribution in [3.63, 3.8) is 0 Å². The maximum Gasteiger partial charge on any atom is 0.404 e. The summed E-state index contributed by atoms with van der Waals surface area (Å²) >= 11 is 0. The standard InChI is InChI=1S/C8H17N3O2/c1-8(2,3)6(9)11-4-5-13-7(10)12/h4-5H2,1-3H3,(H2,9,11)(H2,10,12). The zero-order chi connectivity index (χ0) is 10.5. The molecule has 0 aromatic heterocycles. The van der Waals surface area contributed by atoms with Gasteiger partial charge in [0.05, 0.1) is 12.4 Å². The summed E-state index contributed by atoms with van der Waals surface area (Å²) in [4.78, 5) is 14.2. The number of primary amides is 1. The van der Waals surface area contributed by atoms with Crippen LogP contribution in [0.1, 0.15) is 20.8 Å². The topological polar surface area (TPSA) is 90.7 Å². The minimum absolute atomic E-state index is 0.146. The SMILES string of the molecule is CC(C)(C)C(N)=NCCOC(N)=O. The van der Waals surface area contributed by atoms with Crippen LogP contribution in [-0.4, -0.2) is 25.1 Å². The molecule has 1 amide bonds. The van der Waals surface area contributed by atoms with Crippen LogP contribution in [0.15, 0.2) is 4.99 Å². The van der Waals surface area contributed by atoms with E-state index in [1.54, 1.807) is 0 Å². The molecule has 4 N–H and O–H groups in total. The molecular weight excluding hydrogens is 170 g/mol. The number of amidine groups is 1. The molecule has 0 aromatic carbocycles. The molecule has 5 heteroatoms. The van der Waals surface area contributed by atoms with E-state index < -0.39 is 6.09 Å². The highest BCUT2D eigenvalue weighted by atomic mass is 16.5. The fourth-order valence-electron chi connectivity index (χ4n) is 0.550. The highest BCUT2D eigenvalue weighted by Crippen LogP contribution is 2.12. The third kappa shape index (κ3) is 5.95. The van der Waals surface area contributed by atoms with E-state index in [1.807, 2.05) is 20.8 Å². The van der Waals surface area contributed by atoms with Crippen LogP contribution >= 0.6 is 0 Å². The molecule has 0 unspecified atom stereocenters. The quantitative estimate of drug-likeness (QED) is 0.382. The van der Waals surface area contributed by atoms with Gasteiger partial charge in [0.2, 0.25) is 0 Å². The van der Waals surface area contributed by atoms with E-state index in [0.717, 1.165) is 0 Å². The Labute approximate surface area is 78.1 Å². The monoisotopic (exact) mass is 187 g/mol. The van der Waals surface area contributed by atoms with Gasteiger partial charge >= 0.3 is 6.09 Å². The first-order chi connectivity index (χ1) is 5.84. The smallest absolute Gasteiger partial charge is 0.404 e. The average Bonchev–Trinajstić information content (AvgIpc) is 1.95. The normalized spacial score (nSPS) is 12.7. The third-order valence-corrected chi connectivity index (χ3v) is 1.39. The number of amides is 1. The van der Waals surface area contributed by atoms with Gasteiger partial charge in [-0.3, -0.25) is 4.99 Å². The lowest BCUT2D eigenvalue weighted by Gasteiger charge is -2.17. The van der Waals surface area contributed by atoms with Crippen LogP contribution in [0.3, 0.4) is 0 Å². The van der Waals surface area contributed by atoms with Gasteiger partial charge in [-0.25, -0.2) is 4.79 Å². The van der Waals surface area contributed by atoms with Crippen molar-refractivity contribution in [1.82, 2.24) is 0 Å². The van der Waals surface area contributed by atoms with Crippen molar-refractivity contribution in [1.29, 1.82) is 0 Å². The summed E-state index contributed by atoms with van der Waals surface area (Å²) in [5.74, 6) is 0.542. The molecule has 0 atom stereocenters. The maximum absolute atomic E-state index is 10.2. The molecule has 0 saturated heterocycles. The summed E-state index contributed by atoms with van der Waals surface area (Å²) < 4.78 is 4.48. The predicted octanol–water partition coefficient (Wildman–Crippen LogP) is 0.485. The first kappa shape index (κ1) is 11.7. The van der Waals surface area contributed by atoms with Crippen molar-refractivity contribution < 1.29 is 9.53 Å². The summed E-state index contributed by atoms with van der Waals surface area (Å²) in [6, 6.07) is 0. The van der Waals surface area contributed by atoms with Crippen molar-refractivity contribution >= 4 is 11.9 Å². The number of aliphatic imine (C=N–C) groups is 1. The molecule has 0 aliphatic heterocycles. The summed E-state index contributed by atoms with van der Waals surface area (Å²) in [6.07, 6.45) is -0.787. The second-order valence-corrected chi connectivity index (χ2v) is 3.68. The van der Waals surface area contributed by atoms with Crippen molar-refractivity contribution in [2.45, 2.75) is 20.8 Å². The fraction of sp³-hybridized carbons (Fsp3) is 0.750. The Kier molecular flexibility index (Phi) is 4.23. The first-order valence-corrected chi connectivity index (χ1v) is 4.06. The summed E-state index contributed by atoms with van der Waals surface area (Å²) in [5, 5.41) is 0. The Morgan fingerprint density at radius 1 is 1.38 bits per heavy atom. The fourth-order valence-corrected chi connectivity index (χ4v) is 0.550. The van der Waals surface area contributed by atoms with Crippen LogP contribution in [0.2, 0.25) is 0 Å². The van der Waals surface area contributed by atoms with Crippen LogP contribution in [-0.2, 0) is 4.74 Å². The zero-order valence-electron chi connectivity index (χ0n) is 8.33. The van der Waals surface area contributed by atoms with E-state index in [0.29, 0.717) is 12.4 Å². The number of hydrogen-bond acceptors (Lipinski definition) is 3. The summed E-state index contributed by atoms with van der Waals surface area (Å²) in [7, 11) is 0. The molecule has 5 nitrogen and oxygen atoms in total. The number of ether oxygens (including phenoxy) is 1. The molecule has 0 aromatic rings. The second-order valence-electron chi connectivity index (χ2n) is 3.68. The minimum Gasteiger partial charge on any atom is -0.448 e. The number of nitrogens with two attached hydrogens (primary N) is 2. The molecule has 76 valence electrons. The third-order valence-electron chi connectivity index (χ3n) is 1.39. The predicted molar refractivity (Wildman–Crippen MR) is 51.5 cm³/mol. The van der Waals surface area contributed by atoms with Gasteiger partial charge in [-0.15, -0.1) is 0 Å². The van der Waals surface area contributed by atoms with Gasteiger partial charge in [-0.1, -0.05) is 20.8 Å². The Morgan fingerprint density at radius 3 is 2.31 bits per heavy atom. The van der Waals surface area contributed by atoms with Gasteiger partial charge in [0.1, 0.15) is 6.61 Å². The van der Waals surface area contributed by atoms with Crippen molar-refractivity contribution in [2.24, 2.45) is 21.9 Å². The average molecular weight is 187 g/mol. The lowest BCUT2D eigenvalue weighted by Crippen LogP contribution is -2.29. The van der Waals surface area contributed by atoms with E-state index in [1.165, 1.54) is 0 Å². The van der Waals surface area contributed by atoms with E-state index in [9.17, 15) is 4.79 Å². The first-order valence-electron chi connectivity index (χ1n) is 4.06. The van der Waals surface area contributed by atoms with Crippen LogP contribution in [0, 0.1) is 5.41 Å². The van der Waals surface area contributed by atoms with Gasteiger partial charge in [0.25, 0.3) is 0 Å². The molecule has 0 heterocycles. The van der Waals surface area contributed by atoms with Gasteiger partial charge in [-0.05, 0) is 0 Å². The molecule has 0 aliphatic carbocycles. The number of hydrogen-bond donors (Lipinski definition) is 2.